The van der Waals surface area contributed by atoms with Gasteiger partial charge in [-0.15, -0.1) is 5.92 Å². The van der Waals surface area contributed by atoms with Crippen LogP contribution in [0.1, 0.15) is 160 Å². The molecule has 5 bridgehead atoms. The van der Waals surface area contributed by atoms with Gasteiger partial charge in [-0.2, -0.15) is 0 Å². The van der Waals surface area contributed by atoms with Gasteiger partial charge in [-0.3, -0.25) is 9.59 Å². The van der Waals surface area contributed by atoms with Crippen molar-refractivity contribution in [3.8, 4) is 11.8 Å². The molecule has 7 saturated carbocycles. The maximum absolute atomic E-state index is 15.7. The zero-order valence-electron chi connectivity index (χ0n) is 49.1. The molecule has 0 aromatic carbocycles. The van der Waals surface area contributed by atoms with Gasteiger partial charge in [0.1, 0.15) is 30.4 Å². The lowest BCUT2D eigenvalue weighted by Crippen LogP contribution is -2.79. The molecule has 460 valence electrons. The monoisotopic (exact) mass is 1160 g/mol. The summed E-state index contributed by atoms with van der Waals surface area (Å²) in [6, 6.07) is -0.535. The van der Waals surface area contributed by atoms with E-state index in [1.54, 1.807) is 18.9 Å². The van der Waals surface area contributed by atoms with Gasteiger partial charge in [0.2, 0.25) is 5.91 Å². The highest BCUT2D eigenvalue weighted by Crippen LogP contribution is 2.85. The summed E-state index contributed by atoms with van der Waals surface area (Å²) in [6.45, 7) is 3.90. The van der Waals surface area contributed by atoms with Crippen LogP contribution < -0.4 is 16.4 Å². The van der Waals surface area contributed by atoms with Crippen molar-refractivity contribution in [2.45, 2.75) is 204 Å². The molecule has 19 nitrogen and oxygen atoms in total. The molecule has 84 heavy (non-hydrogen) atoms. The van der Waals surface area contributed by atoms with E-state index in [9.17, 15) is 45.6 Å². The van der Waals surface area contributed by atoms with E-state index in [0.717, 1.165) is 81.4 Å². The Labute approximate surface area is 492 Å². The number of H-pyrrole nitrogens is 2. The summed E-state index contributed by atoms with van der Waals surface area (Å²) >= 11 is 0. The van der Waals surface area contributed by atoms with Crippen molar-refractivity contribution in [3.05, 3.63) is 41.9 Å². The molecule has 0 radical (unpaired) electrons. The molecule has 24 atom stereocenters. The number of hydrogen-bond acceptors (Lipinski definition) is 15. The molecule has 2 aromatic rings. The number of aromatic amines is 2. The van der Waals surface area contributed by atoms with Crippen molar-refractivity contribution in [1.82, 2.24) is 25.3 Å². The number of carbonyl (C=O) groups is 2. The Kier molecular flexibility index (Phi) is 14.3. The summed E-state index contributed by atoms with van der Waals surface area (Å²) in [5.41, 5.74) is 3.67. The van der Waals surface area contributed by atoms with Gasteiger partial charge in [-0.1, -0.05) is 63.5 Å². The predicted octanol–water partition coefficient (Wildman–Crippen LogP) is 4.88. The van der Waals surface area contributed by atoms with E-state index in [0.29, 0.717) is 70.8 Å². The van der Waals surface area contributed by atoms with Crippen LogP contribution in [-0.2, 0) is 25.5 Å². The minimum atomic E-state index is -1.68. The number of allylic oxidation sites excluding steroid dienone is 2. The Morgan fingerprint density at radius 2 is 1.69 bits per heavy atom. The molecule has 2 aromatic heterocycles. The molecule has 1 amide bonds. The van der Waals surface area contributed by atoms with Crippen LogP contribution in [0.2, 0.25) is 0 Å². The maximum atomic E-state index is 15.7. The third-order valence-corrected chi connectivity index (χ3v) is 27.0. The second-order valence-corrected chi connectivity index (χ2v) is 29.9. The third kappa shape index (κ3) is 7.78. The van der Waals surface area contributed by atoms with Crippen LogP contribution >= 0.6 is 0 Å². The largest absolute Gasteiger partial charge is 0.481 e. The average molecular weight is 1160 g/mol. The number of imidazole rings is 2. The number of carboxylic acids is 1. The summed E-state index contributed by atoms with van der Waals surface area (Å²) in [6.07, 6.45) is 12.9. The number of carbonyl (C=O) groups excluding carboxylic acids is 1. The number of rotatable bonds is 12. The van der Waals surface area contributed by atoms with E-state index in [1.165, 1.54) is 5.57 Å². The van der Waals surface area contributed by atoms with Crippen molar-refractivity contribution < 1.29 is 59.9 Å². The SMILES string of the molecule is C[C@]1(CO)CC[C@]2(C(=O)O)[C@@H]3CNc4nc[nH]c4C[C@H]3[C@@]34CCC#C[C@@H]([C@@H]5[C@@H]([C@H](CC[C@@H](N)O)c6cnc[nH]6)NC(=O)C56CCCC6)[C@@H]5[C@@H](O)[C@@H](O[C@@H]6OC[C@@H](O)[C@H](O)[C@H]6O)[C@@](C)(CO)[C@H]6CC[C@@]37CCC[C@@H](C=C4[C@@H]2C1)[C@@H]7[C@@]56C1CCCC1. The third-order valence-electron chi connectivity index (χ3n) is 27.0. The molecule has 19 heteroatoms. The molecule has 3 aliphatic heterocycles. The minimum Gasteiger partial charge on any atom is -0.481 e. The summed E-state index contributed by atoms with van der Waals surface area (Å²) < 4.78 is 13.2. The predicted molar refractivity (Wildman–Crippen MR) is 306 cm³/mol. The Morgan fingerprint density at radius 1 is 0.893 bits per heavy atom. The first kappa shape index (κ1) is 57.8. The van der Waals surface area contributed by atoms with Gasteiger partial charge < -0.3 is 76.7 Å². The summed E-state index contributed by atoms with van der Waals surface area (Å²) in [5.74, 6) is 4.53. The van der Waals surface area contributed by atoms with Crippen LogP contribution in [0.5, 0.6) is 0 Å². The van der Waals surface area contributed by atoms with Crippen molar-refractivity contribution >= 4 is 17.7 Å². The lowest BCUT2D eigenvalue weighted by atomic mass is 9.23. The molecule has 9 fully saturated rings. The van der Waals surface area contributed by atoms with Crippen molar-refractivity contribution in [1.29, 1.82) is 0 Å². The normalized spacial score (nSPS) is 47.9. The first-order chi connectivity index (χ1) is 40.4. The Morgan fingerprint density at radius 3 is 2.42 bits per heavy atom. The number of amides is 1. The van der Waals surface area contributed by atoms with Crippen LogP contribution in [0.4, 0.5) is 5.82 Å². The van der Waals surface area contributed by atoms with E-state index in [4.69, 9.17) is 20.2 Å². The van der Waals surface area contributed by atoms with E-state index in [-0.39, 0.29) is 79.5 Å². The number of aliphatic carboxylic acids is 1. The van der Waals surface area contributed by atoms with Crippen LogP contribution in [0, 0.1) is 109 Å². The molecule has 9 aliphatic carbocycles. The first-order valence-corrected chi connectivity index (χ1v) is 32.5. The molecular weight excluding hydrogens is 1070 g/mol. The smallest absolute Gasteiger partial charge is 0.310 e. The number of aliphatic hydroxyl groups excluding tert-OH is 7. The number of hydrogen-bond donors (Lipinski definition) is 13. The number of carboxylic acid groups (broad SMARTS) is 1. The maximum Gasteiger partial charge on any atom is 0.310 e. The van der Waals surface area contributed by atoms with E-state index in [1.807, 2.05) is 0 Å². The fourth-order valence-corrected chi connectivity index (χ4v) is 24.0. The van der Waals surface area contributed by atoms with Crippen LogP contribution in [0.3, 0.4) is 0 Å². The van der Waals surface area contributed by atoms with Crippen LogP contribution in [-0.4, -0.2) is 148 Å². The Hall–Kier alpha value is -3.94. The number of aromatic nitrogens is 4. The number of nitrogens with zero attached hydrogens (tertiary/aromatic N) is 2. The molecule has 12 aliphatic rings. The van der Waals surface area contributed by atoms with Gasteiger partial charge in [0.05, 0.1) is 54.6 Å². The lowest BCUT2D eigenvalue weighted by Gasteiger charge is -2.80. The van der Waals surface area contributed by atoms with Crippen LogP contribution in [0.15, 0.2) is 30.5 Å². The first-order valence-electron chi connectivity index (χ1n) is 32.5. The number of anilines is 1. The lowest BCUT2D eigenvalue weighted by molar-refractivity contribution is -0.361. The fourth-order valence-electron chi connectivity index (χ4n) is 24.0. The van der Waals surface area contributed by atoms with E-state index >= 15 is 4.79 Å². The molecular formula is C65H93N7O12. The topological polar surface area (TPSA) is 322 Å². The average Bonchev–Trinajstić information content (AvgIpc) is 0.661. The van der Waals surface area contributed by atoms with Crippen LogP contribution in [0.25, 0.3) is 0 Å². The van der Waals surface area contributed by atoms with E-state index < -0.39 is 111 Å². The number of ether oxygens (including phenoxy) is 2. The number of nitrogens with one attached hydrogen (secondary N) is 4. The fraction of sp³-hybridized carbons (Fsp3) is 0.815. The van der Waals surface area contributed by atoms with Crippen molar-refractivity contribution in [2.75, 3.05) is 31.7 Å². The van der Waals surface area contributed by atoms with Gasteiger partial charge in [-0.25, -0.2) is 9.97 Å². The molecule has 2 spiro atoms. The van der Waals surface area contributed by atoms with E-state index in [2.05, 4.69) is 57.3 Å². The zero-order valence-corrected chi connectivity index (χ0v) is 49.1. The molecule has 5 heterocycles. The van der Waals surface area contributed by atoms with Crippen molar-refractivity contribution in [2.24, 2.45) is 103 Å². The van der Waals surface area contributed by atoms with Gasteiger partial charge in [-0.05, 0) is 154 Å². The number of aliphatic hydroxyl groups is 7. The standard InChI is InChI=1S/C65H93N7O12/c1-59(30-73)22-23-63(58(81)82)40(26-59)38-24-34-10-9-19-62-21-16-45-60(2,31-74)54(84-56-52(79)50(77)44(75)29-83-56)51(78)48(65(45,53(34)62)35-11-3-4-12-35)37(13-5-6-20-64(38,62)39-25-42-55(71-33-70-42)68-27-41(39)63)47-49(72-57(80)61(47)17-7-8-18-61)36(14-15-46(66)76)43-28-67-32-69-43/h24,28,32-37,39-41,44-54,56,68,73-79H,3-4,6-12,14-23,25-27,29-31,66H2,1-2H3,(H,67,69)(H,70,71)(H,72,80)(H,81,82)/t34-,36+,37-,39+,40-,41+,44+,45+,46-,47+,48+,49+,50-,51+,52+,53-,54+,56-,59-,60-,62+,63+,64-,65+/m0/s1. The molecule has 2 saturated heterocycles. The highest BCUT2D eigenvalue weighted by molar-refractivity contribution is 5.86. The van der Waals surface area contributed by atoms with Crippen molar-refractivity contribution in [3.63, 3.8) is 0 Å². The minimum absolute atomic E-state index is 0.0263. The van der Waals surface area contributed by atoms with Gasteiger partial charge in [0.25, 0.3) is 0 Å². The summed E-state index contributed by atoms with van der Waals surface area (Å²) in [4.78, 5) is 46.9. The second kappa shape index (κ2) is 20.8. The molecule has 14 N–H and O–H groups in total. The molecule has 0 unspecified atom stereocenters. The molecule has 14 rings (SSSR count). The summed E-state index contributed by atoms with van der Waals surface area (Å²) in [7, 11) is 0. The highest BCUT2D eigenvalue weighted by Gasteiger charge is 2.83. The highest BCUT2D eigenvalue weighted by atomic mass is 16.7. The number of nitrogens with two attached hydrogens (primary N) is 1. The summed E-state index contributed by atoms with van der Waals surface area (Å²) in [5, 5.41) is 103. The zero-order chi connectivity index (χ0) is 58.5. The second-order valence-electron chi connectivity index (χ2n) is 29.9. The number of fused-ring (bicyclic) bond motifs is 5. The van der Waals surface area contributed by atoms with Gasteiger partial charge in [0, 0.05) is 72.0 Å². The Bertz CT molecular complexity index is 2920. The Balaban J connectivity index is 1.06. The van der Waals surface area contributed by atoms with Gasteiger partial charge in [0.15, 0.2) is 6.29 Å². The quantitative estimate of drug-likeness (QED) is 0.0583. The van der Waals surface area contributed by atoms with Gasteiger partial charge >= 0.3 is 5.97 Å².